The Labute approximate surface area is 156 Å². The first-order valence-corrected chi connectivity index (χ1v) is 9.05. The first kappa shape index (κ1) is 17.0. The van der Waals surface area contributed by atoms with Crippen molar-refractivity contribution in [2.75, 3.05) is 5.32 Å². The van der Waals surface area contributed by atoms with Gasteiger partial charge in [0.05, 0.1) is 16.2 Å². The number of nitrogens with zero attached hydrogens (tertiary/aromatic N) is 4. The molecule has 0 unspecified atom stereocenters. The Morgan fingerprint density at radius 1 is 1.15 bits per heavy atom. The van der Waals surface area contributed by atoms with Crippen molar-refractivity contribution in [3.63, 3.8) is 0 Å². The molecule has 0 atom stereocenters. The molecule has 5 nitrogen and oxygen atoms in total. The van der Waals surface area contributed by atoms with Crippen LogP contribution in [0.25, 0.3) is 5.69 Å². The lowest BCUT2D eigenvalue weighted by Gasteiger charge is -2.30. The summed E-state index contributed by atoms with van der Waals surface area (Å²) in [6.45, 7) is 2.04. The van der Waals surface area contributed by atoms with Crippen LogP contribution in [0.5, 0.6) is 0 Å². The molecule has 1 N–H and O–H groups in total. The number of benzene rings is 2. The van der Waals surface area contributed by atoms with Crippen LogP contribution in [0.15, 0.2) is 42.5 Å². The van der Waals surface area contributed by atoms with E-state index in [0.29, 0.717) is 0 Å². The number of aryl methyl sites for hydroxylation is 1. The van der Waals surface area contributed by atoms with Crippen LogP contribution in [-0.4, -0.2) is 20.2 Å². The van der Waals surface area contributed by atoms with Gasteiger partial charge in [-0.25, -0.2) is 4.39 Å². The molecule has 0 spiro atoms. The van der Waals surface area contributed by atoms with Gasteiger partial charge >= 0.3 is 0 Å². The monoisotopic (exact) mass is 371 g/mol. The van der Waals surface area contributed by atoms with Crippen molar-refractivity contribution < 1.29 is 4.39 Å². The first-order valence-electron chi connectivity index (χ1n) is 8.67. The van der Waals surface area contributed by atoms with Crippen molar-refractivity contribution in [3.8, 4) is 5.69 Å². The highest BCUT2D eigenvalue weighted by atomic mass is 35.5. The minimum atomic E-state index is -0.428. The number of anilines is 1. The van der Waals surface area contributed by atoms with Crippen LogP contribution in [0.4, 0.5) is 10.1 Å². The van der Waals surface area contributed by atoms with Crippen LogP contribution in [0.3, 0.4) is 0 Å². The molecule has 2 aromatic carbocycles. The van der Waals surface area contributed by atoms with E-state index >= 15 is 0 Å². The molecule has 134 valence electrons. The normalized spacial score (nSPS) is 16.0. The molecule has 1 fully saturated rings. The Morgan fingerprint density at radius 2 is 1.92 bits per heavy atom. The van der Waals surface area contributed by atoms with Crippen molar-refractivity contribution in [1.82, 2.24) is 20.2 Å². The average molecular weight is 372 g/mol. The van der Waals surface area contributed by atoms with Gasteiger partial charge in [0.2, 0.25) is 0 Å². The second-order valence-electron chi connectivity index (χ2n) is 6.74. The predicted octanol–water partition coefficient (Wildman–Crippen LogP) is 4.64. The molecule has 3 aromatic rings. The number of nitrogens with one attached hydrogen (secondary N) is 1. The highest BCUT2D eigenvalue weighted by Crippen LogP contribution is 2.41. The van der Waals surface area contributed by atoms with Crippen molar-refractivity contribution in [2.24, 2.45) is 0 Å². The molecule has 1 saturated carbocycles. The maximum Gasteiger partial charge on any atom is 0.181 e. The standard InChI is InChI=1S/C19H19ClFN5/c1-13-6-2-3-7-17(13)26-18(23-24-25-26)19(10-4-5-11-19)22-14-8-9-16(21)15(20)12-14/h2-3,6-9,12,22H,4-5,10-11H2,1H3. The number of hydrogen-bond acceptors (Lipinski definition) is 4. The van der Waals surface area contributed by atoms with Gasteiger partial charge in [0.25, 0.3) is 0 Å². The molecule has 1 heterocycles. The number of rotatable bonds is 4. The Kier molecular flexibility index (Phi) is 4.36. The van der Waals surface area contributed by atoms with Crippen LogP contribution >= 0.6 is 11.6 Å². The predicted molar refractivity (Wildman–Crippen MR) is 99.1 cm³/mol. The summed E-state index contributed by atoms with van der Waals surface area (Å²) >= 11 is 5.96. The van der Waals surface area contributed by atoms with Gasteiger partial charge in [0.15, 0.2) is 5.82 Å². The Bertz CT molecular complexity index is 933. The lowest BCUT2D eigenvalue weighted by Crippen LogP contribution is -2.35. The molecule has 1 aliphatic carbocycles. The molecule has 0 radical (unpaired) electrons. The van der Waals surface area contributed by atoms with Gasteiger partial charge in [-0.05, 0) is 60.0 Å². The summed E-state index contributed by atoms with van der Waals surface area (Å²) in [5.74, 6) is 0.340. The van der Waals surface area contributed by atoms with E-state index in [2.05, 4.69) is 20.8 Å². The molecule has 4 rings (SSSR count). The van der Waals surface area contributed by atoms with E-state index in [9.17, 15) is 4.39 Å². The first-order chi connectivity index (χ1) is 12.6. The van der Waals surface area contributed by atoms with Crippen molar-refractivity contribution in [1.29, 1.82) is 0 Å². The number of halogens is 2. The third-order valence-corrected chi connectivity index (χ3v) is 5.29. The maximum atomic E-state index is 13.5. The zero-order valence-electron chi connectivity index (χ0n) is 14.4. The van der Waals surface area contributed by atoms with Crippen molar-refractivity contribution in [2.45, 2.75) is 38.1 Å². The fourth-order valence-corrected chi connectivity index (χ4v) is 3.86. The molecule has 0 amide bonds. The SMILES string of the molecule is Cc1ccccc1-n1nnnc1C1(Nc2ccc(F)c(Cl)c2)CCCC1. The van der Waals surface area contributed by atoms with E-state index in [1.807, 2.05) is 31.2 Å². The lowest BCUT2D eigenvalue weighted by atomic mass is 9.95. The zero-order valence-corrected chi connectivity index (χ0v) is 15.2. The number of hydrogen-bond donors (Lipinski definition) is 1. The zero-order chi connectivity index (χ0) is 18.1. The van der Waals surface area contributed by atoms with E-state index in [0.717, 1.165) is 48.4 Å². The van der Waals surface area contributed by atoms with Gasteiger partial charge in [0, 0.05) is 5.69 Å². The third kappa shape index (κ3) is 2.94. The molecular weight excluding hydrogens is 353 g/mol. The number of aromatic nitrogens is 4. The fourth-order valence-electron chi connectivity index (χ4n) is 3.68. The highest BCUT2D eigenvalue weighted by Gasteiger charge is 2.41. The van der Waals surface area contributed by atoms with E-state index in [4.69, 9.17) is 11.6 Å². The molecule has 1 aromatic heterocycles. The summed E-state index contributed by atoms with van der Waals surface area (Å²) in [6, 6.07) is 12.7. The van der Waals surface area contributed by atoms with Gasteiger partial charge in [-0.3, -0.25) is 0 Å². The van der Waals surface area contributed by atoms with Crippen LogP contribution in [0.2, 0.25) is 5.02 Å². The van der Waals surface area contributed by atoms with Gasteiger partial charge in [-0.15, -0.1) is 5.10 Å². The summed E-state index contributed by atoms with van der Waals surface area (Å²) in [5.41, 5.74) is 2.40. The topological polar surface area (TPSA) is 55.6 Å². The summed E-state index contributed by atoms with van der Waals surface area (Å²) < 4.78 is 15.3. The molecule has 7 heteroatoms. The van der Waals surface area contributed by atoms with Crippen LogP contribution in [0, 0.1) is 12.7 Å². The van der Waals surface area contributed by atoms with Gasteiger partial charge in [0.1, 0.15) is 5.82 Å². The van der Waals surface area contributed by atoms with Crippen LogP contribution in [-0.2, 0) is 5.54 Å². The van der Waals surface area contributed by atoms with E-state index in [1.165, 1.54) is 6.07 Å². The minimum Gasteiger partial charge on any atom is -0.373 e. The van der Waals surface area contributed by atoms with Gasteiger partial charge in [-0.2, -0.15) is 4.68 Å². The van der Waals surface area contributed by atoms with Crippen LogP contribution in [0.1, 0.15) is 37.1 Å². The minimum absolute atomic E-state index is 0.0987. The fraction of sp³-hybridized carbons (Fsp3) is 0.316. The number of para-hydroxylation sites is 1. The second kappa shape index (κ2) is 6.68. The van der Waals surface area contributed by atoms with Crippen LogP contribution < -0.4 is 5.32 Å². The summed E-state index contributed by atoms with van der Waals surface area (Å²) in [6.07, 6.45) is 3.94. The molecule has 0 saturated heterocycles. The van der Waals surface area contributed by atoms with Crippen molar-refractivity contribution >= 4 is 17.3 Å². The highest BCUT2D eigenvalue weighted by molar-refractivity contribution is 6.31. The quantitative estimate of drug-likeness (QED) is 0.725. The van der Waals surface area contributed by atoms with E-state index in [-0.39, 0.29) is 5.02 Å². The van der Waals surface area contributed by atoms with E-state index < -0.39 is 11.4 Å². The average Bonchev–Trinajstić information content (AvgIpc) is 3.29. The lowest BCUT2D eigenvalue weighted by molar-refractivity contribution is 0.461. The molecule has 0 bridgehead atoms. The Hall–Kier alpha value is -2.47. The Balaban J connectivity index is 1.77. The second-order valence-corrected chi connectivity index (χ2v) is 7.15. The number of tetrazole rings is 1. The summed E-state index contributed by atoms with van der Waals surface area (Å²) in [4.78, 5) is 0. The molecule has 1 aliphatic rings. The maximum absolute atomic E-state index is 13.5. The molecule has 0 aliphatic heterocycles. The Morgan fingerprint density at radius 3 is 2.65 bits per heavy atom. The van der Waals surface area contributed by atoms with Gasteiger partial charge < -0.3 is 5.32 Å². The largest absolute Gasteiger partial charge is 0.373 e. The van der Waals surface area contributed by atoms with E-state index in [1.54, 1.807) is 16.8 Å². The summed E-state index contributed by atoms with van der Waals surface area (Å²) in [7, 11) is 0. The van der Waals surface area contributed by atoms with Gasteiger partial charge in [-0.1, -0.05) is 42.6 Å². The van der Waals surface area contributed by atoms with Crippen molar-refractivity contribution in [3.05, 3.63) is 64.7 Å². The smallest absolute Gasteiger partial charge is 0.181 e. The summed E-state index contributed by atoms with van der Waals surface area (Å²) in [5, 5.41) is 16.2. The molecule has 26 heavy (non-hydrogen) atoms. The molecular formula is C19H19ClFN5. The third-order valence-electron chi connectivity index (χ3n) is 5.00.